The zero-order valence-electron chi connectivity index (χ0n) is 13.8. The van der Waals surface area contributed by atoms with Crippen molar-refractivity contribution in [1.29, 1.82) is 0 Å². The van der Waals surface area contributed by atoms with E-state index in [0.717, 1.165) is 33.9 Å². The van der Waals surface area contributed by atoms with Crippen LogP contribution in [0.15, 0.2) is 36.4 Å². The molecule has 0 bridgehead atoms. The average Bonchev–Trinajstić information content (AvgIpc) is 3.09. The third kappa shape index (κ3) is 2.96. The van der Waals surface area contributed by atoms with Crippen LogP contribution < -0.4 is 5.32 Å². The van der Waals surface area contributed by atoms with E-state index in [1.165, 1.54) is 36.2 Å². The van der Waals surface area contributed by atoms with Gasteiger partial charge in [-0.3, -0.25) is 9.48 Å². The molecular formula is C19H21N3OS. The summed E-state index contributed by atoms with van der Waals surface area (Å²) in [6, 6.07) is 12.3. The monoisotopic (exact) mass is 339 g/mol. The number of amides is 1. The van der Waals surface area contributed by atoms with Gasteiger partial charge in [0.1, 0.15) is 4.83 Å². The fraction of sp³-hybridized carbons (Fsp3) is 0.368. The number of fused-ring (bicyclic) bond motifs is 1. The third-order valence-electron chi connectivity index (χ3n) is 4.78. The number of rotatable bonds is 5. The fourth-order valence-electron chi connectivity index (χ4n) is 3.11. The fourth-order valence-corrected chi connectivity index (χ4v) is 4.19. The van der Waals surface area contributed by atoms with E-state index < -0.39 is 0 Å². The molecule has 3 aromatic rings. The van der Waals surface area contributed by atoms with Crippen LogP contribution in [0.4, 0.5) is 0 Å². The summed E-state index contributed by atoms with van der Waals surface area (Å²) >= 11 is 1.54. The first kappa shape index (κ1) is 15.4. The van der Waals surface area contributed by atoms with Crippen molar-refractivity contribution in [3.05, 3.63) is 52.5 Å². The summed E-state index contributed by atoms with van der Waals surface area (Å²) in [5.74, 6) is 0.729. The van der Waals surface area contributed by atoms with Crippen molar-refractivity contribution in [3.63, 3.8) is 0 Å². The molecule has 0 spiro atoms. The van der Waals surface area contributed by atoms with Gasteiger partial charge in [0.15, 0.2) is 0 Å². The third-order valence-corrected chi connectivity index (χ3v) is 5.93. The molecule has 0 aliphatic heterocycles. The highest BCUT2D eigenvalue weighted by molar-refractivity contribution is 7.20. The number of carbonyl (C=O) groups excluding carboxylic acids is 1. The van der Waals surface area contributed by atoms with Crippen LogP contribution in [0.2, 0.25) is 0 Å². The van der Waals surface area contributed by atoms with E-state index in [4.69, 9.17) is 0 Å². The van der Waals surface area contributed by atoms with Crippen LogP contribution in [0.25, 0.3) is 10.2 Å². The van der Waals surface area contributed by atoms with Crippen LogP contribution in [0.3, 0.4) is 0 Å². The van der Waals surface area contributed by atoms with Crippen molar-refractivity contribution in [3.8, 4) is 0 Å². The highest BCUT2D eigenvalue weighted by atomic mass is 32.1. The number of nitrogens with one attached hydrogen (secondary N) is 1. The summed E-state index contributed by atoms with van der Waals surface area (Å²) < 4.78 is 2.01. The molecule has 1 amide bonds. The highest BCUT2D eigenvalue weighted by Crippen LogP contribution is 2.29. The topological polar surface area (TPSA) is 46.9 Å². The van der Waals surface area contributed by atoms with Gasteiger partial charge in [-0.15, -0.1) is 11.3 Å². The number of aryl methyl sites for hydroxylation is 1. The lowest BCUT2D eigenvalue weighted by Crippen LogP contribution is -2.31. The van der Waals surface area contributed by atoms with Gasteiger partial charge in [-0.1, -0.05) is 36.8 Å². The van der Waals surface area contributed by atoms with Crippen LogP contribution in [-0.4, -0.2) is 22.2 Å². The molecule has 1 saturated carbocycles. The van der Waals surface area contributed by atoms with Gasteiger partial charge in [-0.2, -0.15) is 5.10 Å². The molecule has 4 nitrogen and oxygen atoms in total. The van der Waals surface area contributed by atoms with Crippen molar-refractivity contribution in [2.45, 2.75) is 32.7 Å². The molecule has 0 saturated heterocycles. The Morgan fingerprint density at radius 2 is 2.12 bits per heavy atom. The minimum atomic E-state index is 0.0498. The van der Waals surface area contributed by atoms with Gasteiger partial charge >= 0.3 is 0 Å². The predicted octanol–water partition coefficient (Wildman–Crippen LogP) is 3.98. The summed E-state index contributed by atoms with van der Waals surface area (Å²) in [4.78, 5) is 14.3. The molecule has 4 rings (SSSR count). The van der Waals surface area contributed by atoms with Gasteiger partial charge in [0.25, 0.3) is 5.91 Å². The molecule has 0 atom stereocenters. The molecule has 2 heterocycles. The van der Waals surface area contributed by atoms with E-state index in [2.05, 4.69) is 22.5 Å². The summed E-state index contributed by atoms with van der Waals surface area (Å²) in [6.07, 6.45) is 3.80. The van der Waals surface area contributed by atoms with E-state index in [1.54, 1.807) is 0 Å². The molecule has 1 N–H and O–H groups in total. The van der Waals surface area contributed by atoms with Gasteiger partial charge in [0, 0.05) is 11.9 Å². The van der Waals surface area contributed by atoms with E-state index in [1.807, 2.05) is 35.9 Å². The van der Waals surface area contributed by atoms with Crippen LogP contribution in [0, 0.1) is 12.8 Å². The Morgan fingerprint density at radius 1 is 1.33 bits per heavy atom. The number of aromatic nitrogens is 2. The van der Waals surface area contributed by atoms with Gasteiger partial charge in [-0.25, -0.2) is 0 Å². The SMILES string of the molecule is Cc1nn(Cc2ccccc2)c2sc(C(=O)NCC3CCC3)cc12. The number of hydrogen-bond donors (Lipinski definition) is 1. The lowest BCUT2D eigenvalue weighted by atomic mass is 9.85. The van der Waals surface area contributed by atoms with Crippen LogP contribution in [0.5, 0.6) is 0 Å². The Morgan fingerprint density at radius 3 is 2.83 bits per heavy atom. The number of hydrogen-bond acceptors (Lipinski definition) is 3. The second-order valence-corrected chi connectivity index (χ2v) is 7.60. The summed E-state index contributed by atoms with van der Waals surface area (Å²) in [5.41, 5.74) is 2.20. The Kier molecular flexibility index (Phi) is 4.10. The van der Waals surface area contributed by atoms with E-state index in [-0.39, 0.29) is 5.91 Å². The van der Waals surface area contributed by atoms with Crippen molar-refractivity contribution in [1.82, 2.24) is 15.1 Å². The Labute approximate surface area is 145 Å². The molecule has 0 radical (unpaired) electrons. The first-order valence-corrected chi connectivity index (χ1v) is 9.31. The molecule has 2 aromatic heterocycles. The molecule has 5 heteroatoms. The summed E-state index contributed by atoms with van der Waals surface area (Å²) in [5, 5.41) is 8.81. The molecule has 1 aromatic carbocycles. The quantitative estimate of drug-likeness (QED) is 0.764. The first-order valence-electron chi connectivity index (χ1n) is 8.50. The molecular weight excluding hydrogens is 318 g/mol. The van der Waals surface area contributed by atoms with Crippen molar-refractivity contribution >= 4 is 27.5 Å². The van der Waals surface area contributed by atoms with E-state index in [0.29, 0.717) is 5.92 Å². The maximum Gasteiger partial charge on any atom is 0.261 e. The lowest BCUT2D eigenvalue weighted by Gasteiger charge is -2.25. The molecule has 1 fully saturated rings. The van der Waals surface area contributed by atoms with Crippen molar-refractivity contribution < 1.29 is 4.79 Å². The Hall–Kier alpha value is -2.14. The maximum atomic E-state index is 12.4. The maximum absolute atomic E-state index is 12.4. The van der Waals surface area contributed by atoms with Gasteiger partial charge in [0.2, 0.25) is 0 Å². The average molecular weight is 339 g/mol. The number of carbonyl (C=O) groups is 1. The van der Waals surface area contributed by atoms with E-state index in [9.17, 15) is 4.79 Å². The Bertz CT molecular complexity index is 862. The standard InChI is InChI=1S/C19H21N3OS/c1-13-16-10-17(18(23)20-11-14-8-5-9-14)24-19(16)22(21-13)12-15-6-3-2-4-7-15/h2-4,6-7,10,14H,5,8-9,11-12H2,1H3,(H,20,23). The highest BCUT2D eigenvalue weighted by Gasteiger charge is 2.20. The van der Waals surface area contributed by atoms with Gasteiger partial charge in [-0.05, 0) is 37.3 Å². The van der Waals surface area contributed by atoms with Crippen LogP contribution >= 0.6 is 11.3 Å². The lowest BCUT2D eigenvalue weighted by molar-refractivity contribution is 0.0943. The number of thiophene rings is 1. The largest absolute Gasteiger partial charge is 0.351 e. The zero-order chi connectivity index (χ0) is 16.5. The van der Waals surface area contributed by atoms with Crippen molar-refractivity contribution in [2.75, 3.05) is 6.54 Å². The summed E-state index contributed by atoms with van der Waals surface area (Å²) in [7, 11) is 0. The van der Waals surface area contributed by atoms with Gasteiger partial charge < -0.3 is 5.32 Å². The van der Waals surface area contributed by atoms with Crippen LogP contribution in [-0.2, 0) is 6.54 Å². The smallest absolute Gasteiger partial charge is 0.261 e. The minimum absolute atomic E-state index is 0.0498. The van der Waals surface area contributed by atoms with Gasteiger partial charge in [0.05, 0.1) is 17.1 Å². The van der Waals surface area contributed by atoms with Crippen molar-refractivity contribution in [2.24, 2.45) is 5.92 Å². The minimum Gasteiger partial charge on any atom is -0.351 e. The molecule has 124 valence electrons. The second-order valence-electron chi connectivity index (χ2n) is 6.57. The molecule has 0 unspecified atom stereocenters. The Balaban J connectivity index is 1.55. The van der Waals surface area contributed by atoms with E-state index >= 15 is 0 Å². The number of benzene rings is 1. The second kappa shape index (κ2) is 6.40. The molecule has 1 aliphatic rings. The molecule has 24 heavy (non-hydrogen) atoms. The number of nitrogens with zero attached hydrogens (tertiary/aromatic N) is 2. The first-order chi connectivity index (χ1) is 11.7. The summed E-state index contributed by atoms with van der Waals surface area (Å²) in [6.45, 7) is 3.55. The van der Waals surface area contributed by atoms with Crippen LogP contribution in [0.1, 0.15) is 40.2 Å². The molecule has 1 aliphatic carbocycles. The normalized spacial score (nSPS) is 14.7. The zero-order valence-corrected chi connectivity index (χ0v) is 14.6. The predicted molar refractivity (Wildman–Crippen MR) is 97.6 cm³/mol.